The number of fused-ring (bicyclic) bond motifs is 5. The van der Waals surface area contributed by atoms with E-state index in [1.807, 2.05) is 34.4 Å². The van der Waals surface area contributed by atoms with Gasteiger partial charge in [0, 0.05) is 22.3 Å². The number of amides is 2. The fourth-order valence-electron chi connectivity index (χ4n) is 5.61. The van der Waals surface area contributed by atoms with Gasteiger partial charge < -0.3 is 14.8 Å². The third kappa shape index (κ3) is 3.64. The number of hydrogen-bond donors (Lipinski definition) is 1. The van der Waals surface area contributed by atoms with Gasteiger partial charge in [-0.15, -0.1) is 11.3 Å². The molecule has 1 N–H and O–H groups in total. The van der Waals surface area contributed by atoms with Crippen LogP contribution in [0.25, 0.3) is 5.00 Å². The zero-order valence-electron chi connectivity index (χ0n) is 19.7. The number of nitrogens with zero attached hydrogens (tertiary/aromatic N) is 2. The number of urea groups is 1. The zero-order chi connectivity index (χ0) is 23.2. The minimum atomic E-state index is -0.166. The second kappa shape index (κ2) is 8.48. The number of aryl methyl sites for hydroxylation is 3. The molecule has 0 fully saturated rings. The van der Waals surface area contributed by atoms with Gasteiger partial charge in [-0.25, -0.2) is 4.79 Å². The number of benzene rings is 2. The van der Waals surface area contributed by atoms with Gasteiger partial charge in [-0.2, -0.15) is 0 Å². The van der Waals surface area contributed by atoms with Crippen molar-refractivity contribution in [3.8, 4) is 5.00 Å². The van der Waals surface area contributed by atoms with Gasteiger partial charge in [-0.05, 0) is 86.1 Å². The highest BCUT2D eigenvalue weighted by molar-refractivity contribution is 7.15. The molecule has 34 heavy (non-hydrogen) atoms. The molecule has 1 aliphatic heterocycles. The van der Waals surface area contributed by atoms with Crippen LogP contribution in [0.1, 0.15) is 57.3 Å². The maximum absolute atomic E-state index is 14.0. The Morgan fingerprint density at radius 3 is 2.50 bits per heavy atom. The highest BCUT2D eigenvalue weighted by Gasteiger charge is 2.36. The Hall–Kier alpha value is -3.31. The molecular formula is C29H29N3OS. The third-order valence-corrected chi connectivity index (χ3v) is 8.36. The molecule has 3 heterocycles. The maximum Gasteiger partial charge on any atom is 0.322 e. The first-order valence-electron chi connectivity index (χ1n) is 12.1. The molecule has 1 atom stereocenters. The molecule has 0 bridgehead atoms. The summed E-state index contributed by atoms with van der Waals surface area (Å²) >= 11 is 1.92. The van der Waals surface area contributed by atoms with Crippen molar-refractivity contribution < 1.29 is 4.79 Å². The molecule has 0 saturated heterocycles. The van der Waals surface area contributed by atoms with E-state index in [0.717, 1.165) is 40.9 Å². The summed E-state index contributed by atoms with van der Waals surface area (Å²) in [5, 5.41) is 4.51. The summed E-state index contributed by atoms with van der Waals surface area (Å²) in [6, 6.07) is 20.7. The summed E-state index contributed by atoms with van der Waals surface area (Å²) < 4.78 is 2.33. The molecular weight excluding hydrogens is 438 g/mol. The molecule has 0 spiro atoms. The smallest absolute Gasteiger partial charge is 0.310 e. The lowest BCUT2D eigenvalue weighted by Gasteiger charge is -2.31. The van der Waals surface area contributed by atoms with E-state index in [-0.39, 0.29) is 12.1 Å². The molecule has 1 unspecified atom stereocenters. The first-order chi connectivity index (χ1) is 16.6. The van der Waals surface area contributed by atoms with E-state index < -0.39 is 0 Å². The second-order valence-electron chi connectivity index (χ2n) is 9.55. The van der Waals surface area contributed by atoms with Crippen molar-refractivity contribution >= 4 is 23.1 Å². The average Bonchev–Trinajstić information content (AvgIpc) is 3.41. The topological polar surface area (TPSA) is 37.3 Å². The van der Waals surface area contributed by atoms with E-state index in [4.69, 9.17) is 0 Å². The van der Waals surface area contributed by atoms with Crippen LogP contribution in [0.5, 0.6) is 0 Å². The van der Waals surface area contributed by atoms with Crippen LogP contribution in [0.4, 0.5) is 10.5 Å². The van der Waals surface area contributed by atoms with E-state index in [9.17, 15) is 4.79 Å². The summed E-state index contributed by atoms with van der Waals surface area (Å²) in [5.41, 5.74) is 8.21. The summed E-state index contributed by atoms with van der Waals surface area (Å²) in [7, 11) is 0. The van der Waals surface area contributed by atoms with E-state index in [1.54, 1.807) is 0 Å². The number of aromatic nitrogens is 1. The number of rotatable bonds is 2. The van der Waals surface area contributed by atoms with E-state index >= 15 is 0 Å². The Labute approximate surface area is 204 Å². The molecule has 0 radical (unpaired) electrons. The van der Waals surface area contributed by atoms with Crippen LogP contribution in [0.15, 0.2) is 66.9 Å². The standard InChI is InChI=1S/C29H29N3OS/c1-19-15-20(2)17-22(16-19)30-29(33)32-18-24-23-11-6-7-13-26(23)34-28(24)31-14-8-12-25(31)27(32)21-9-4-3-5-10-21/h3-5,8-10,12,14-17,27H,6-7,11,13,18H2,1-2H3,(H,30,33). The lowest BCUT2D eigenvalue weighted by Crippen LogP contribution is -2.38. The Balaban J connectivity index is 1.49. The van der Waals surface area contributed by atoms with Crippen LogP contribution in [-0.4, -0.2) is 15.5 Å². The van der Waals surface area contributed by atoms with Crippen molar-refractivity contribution in [2.24, 2.45) is 0 Å². The van der Waals surface area contributed by atoms with Gasteiger partial charge in [0.2, 0.25) is 0 Å². The first-order valence-corrected chi connectivity index (χ1v) is 12.9. The van der Waals surface area contributed by atoms with E-state index in [2.05, 4.69) is 72.4 Å². The van der Waals surface area contributed by atoms with E-state index in [1.165, 1.54) is 33.8 Å². The molecule has 2 amide bonds. The van der Waals surface area contributed by atoms with Crippen LogP contribution in [-0.2, 0) is 19.4 Å². The lowest BCUT2D eigenvalue weighted by atomic mass is 9.95. The van der Waals surface area contributed by atoms with Gasteiger partial charge in [0.1, 0.15) is 5.00 Å². The normalized spacial score (nSPS) is 16.9. The average molecular weight is 468 g/mol. The minimum absolute atomic E-state index is 0.0600. The quantitative estimate of drug-likeness (QED) is 0.333. The summed E-state index contributed by atoms with van der Waals surface area (Å²) in [6.07, 6.45) is 6.91. The van der Waals surface area contributed by atoms with Gasteiger partial charge in [0.25, 0.3) is 0 Å². The van der Waals surface area contributed by atoms with Crippen LogP contribution in [0.2, 0.25) is 0 Å². The fourth-order valence-corrected chi connectivity index (χ4v) is 7.02. The molecule has 2 aromatic carbocycles. The van der Waals surface area contributed by atoms with Crippen LogP contribution in [0.3, 0.4) is 0 Å². The number of carbonyl (C=O) groups excluding carboxylic acids is 1. The Kier molecular flexibility index (Phi) is 5.30. The largest absolute Gasteiger partial charge is 0.322 e. The van der Waals surface area contributed by atoms with Crippen molar-refractivity contribution in [3.05, 3.63) is 105 Å². The second-order valence-corrected chi connectivity index (χ2v) is 10.6. The lowest BCUT2D eigenvalue weighted by molar-refractivity contribution is 0.194. The highest BCUT2D eigenvalue weighted by Crippen LogP contribution is 2.44. The first kappa shape index (κ1) is 21.2. The summed E-state index contributed by atoms with van der Waals surface area (Å²) in [4.78, 5) is 17.5. The minimum Gasteiger partial charge on any atom is -0.310 e. The van der Waals surface area contributed by atoms with Crippen molar-refractivity contribution in [1.82, 2.24) is 9.47 Å². The number of hydrogen-bond acceptors (Lipinski definition) is 2. The summed E-state index contributed by atoms with van der Waals surface area (Å²) in [5.74, 6) is 0. The Bertz CT molecular complexity index is 1350. The number of nitrogens with one attached hydrogen (secondary N) is 1. The van der Waals surface area contributed by atoms with E-state index in [0.29, 0.717) is 6.54 Å². The maximum atomic E-state index is 14.0. The SMILES string of the molecule is Cc1cc(C)cc(NC(=O)N2Cc3c(sc4c3CCCC4)-n3cccc3C2c2ccccc2)c1. The van der Waals surface area contributed by atoms with Gasteiger partial charge in [-0.3, -0.25) is 0 Å². The van der Waals surface area contributed by atoms with Crippen molar-refractivity contribution in [1.29, 1.82) is 0 Å². The van der Waals surface area contributed by atoms with Gasteiger partial charge >= 0.3 is 6.03 Å². The zero-order valence-corrected chi connectivity index (χ0v) is 20.5. The number of thiophene rings is 1. The predicted molar refractivity (Wildman–Crippen MR) is 139 cm³/mol. The molecule has 4 aromatic rings. The fraction of sp³-hybridized carbons (Fsp3) is 0.276. The van der Waals surface area contributed by atoms with Crippen molar-refractivity contribution in [2.45, 2.75) is 52.1 Å². The van der Waals surface area contributed by atoms with Crippen LogP contribution >= 0.6 is 11.3 Å². The van der Waals surface area contributed by atoms with Gasteiger partial charge in [0.05, 0.1) is 18.3 Å². The van der Waals surface area contributed by atoms with Gasteiger partial charge in [-0.1, -0.05) is 36.4 Å². The Morgan fingerprint density at radius 2 is 1.71 bits per heavy atom. The Morgan fingerprint density at radius 1 is 0.941 bits per heavy atom. The molecule has 0 saturated carbocycles. The molecule has 4 nitrogen and oxygen atoms in total. The van der Waals surface area contributed by atoms with Crippen molar-refractivity contribution in [3.63, 3.8) is 0 Å². The molecule has 1 aliphatic carbocycles. The van der Waals surface area contributed by atoms with Crippen LogP contribution < -0.4 is 5.32 Å². The number of anilines is 1. The molecule has 2 aliphatic rings. The van der Waals surface area contributed by atoms with Crippen molar-refractivity contribution in [2.75, 3.05) is 5.32 Å². The number of carbonyl (C=O) groups is 1. The monoisotopic (exact) mass is 467 g/mol. The van der Waals surface area contributed by atoms with Gasteiger partial charge in [0.15, 0.2) is 0 Å². The van der Waals surface area contributed by atoms with Crippen LogP contribution in [0, 0.1) is 13.8 Å². The third-order valence-electron chi connectivity index (χ3n) is 7.03. The molecule has 2 aromatic heterocycles. The molecule has 5 heteroatoms. The molecule has 172 valence electrons. The highest BCUT2D eigenvalue weighted by atomic mass is 32.1. The summed E-state index contributed by atoms with van der Waals surface area (Å²) in [6.45, 7) is 4.75. The predicted octanol–water partition coefficient (Wildman–Crippen LogP) is 7.17. The molecule has 6 rings (SSSR count).